The van der Waals surface area contributed by atoms with Gasteiger partial charge in [-0.1, -0.05) is 55.1 Å². The number of aryl methyl sites for hydroxylation is 1. The summed E-state index contributed by atoms with van der Waals surface area (Å²) in [7, 11) is 1.87. The molecule has 5 rings (SSSR count). The number of nitrogens with one attached hydrogen (secondary N) is 5. The van der Waals surface area contributed by atoms with Crippen LogP contribution in [0.2, 0.25) is 0 Å². The lowest BCUT2D eigenvalue weighted by atomic mass is 9.98. The van der Waals surface area contributed by atoms with E-state index in [-0.39, 0.29) is 51.4 Å². The van der Waals surface area contributed by atoms with Crippen LogP contribution in [-0.2, 0) is 69.1 Å². The number of fused-ring (bicyclic) bond motifs is 2. The molecule has 4 aromatic rings. The van der Waals surface area contributed by atoms with Crippen LogP contribution in [0.15, 0.2) is 90.9 Å². The summed E-state index contributed by atoms with van der Waals surface area (Å²) in [6, 6.07) is 10.8. The molecule has 1 unspecified atom stereocenters. The molecule has 0 saturated carbocycles. The van der Waals surface area contributed by atoms with Gasteiger partial charge in [0.05, 0.1) is 62.4 Å². The molecule has 392 valence electrons. The molecule has 0 saturated heterocycles. The Bertz CT molecular complexity index is 2840. The van der Waals surface area contributed by atoms with E-state index in [1.54, 1.807) is 67.2 Å². The van der Waals surface area contributed by atoms with Crippen molar-refractivity contribution in [3.8, 4) is 0 Å². The molecule has 21 nitrogen and oxygen atoms in total. The Morgan fingerprint density at radius 3 is 2.35 bits per heavy atom. The standard InChI is InChI=1S/C52H62FN11O10/c1-7-50(72)64(35(5)67)17-13-9-12-16-46(68)55-23-47(69)56-25-49(71)58-44(20-36-14-10-8-11-15-36)52(73)57-24-48(70)54-22-38-26-63(61-60-38)28-40-39-18-33(3)42(53)21-43(39)59-51-41(40)27-62(6)45(51)19-32(2)37(30-66)31-74-34(4)29-65/h7-8,10-11,14-15,18-19,21,26,30,44,65H,1,4,9,12-13,16-17,20,22-25,27-29,31H2,2-3,5-6H3,(H,54,70)(H,55,68)(H,56,69)(H,57,73)(H,58,71)/b37-32+,45-19-. The number of pyridine rings is 1. The molecule has 7 amide bonds. The molecule has 2 aromatic carbocycles. The SMILES string of the molecule is C=CC(=O)N(CCCCCC(=O)NCC(=O)NCC(=O)NC(Cc1ccccc1)C(=O)NCC(=O)NCc1cn(Cc2c3c(nc4cc(F)c(C)cc24)/C(=C/C(C)=C(\C=O)COC(=C)CO)N(C)C3)nn1)C(C)=O. The Morgan fingerprint density at radius 2 is 1.65 bits per heavy atom. The van der Waals surface area contributed by atoms with E-state index in [0.717, 1.165) is 22.1 Å². The first-order valence-corrected chi connectivity index (χ1v) is 23.8. The number of imide groups is 1. The van der Waals surface area contributed by atoms with E-state index in [0.29, 0.717) is 82.4 Å². The highest BCUT2D eigenvalue weighted by atomic mass is 19.1. The summed E-state index contributed by atoms with van der Waals surface area (Å²) >= 11 is 0. The number of benzene rings is 2. The highest BCUT2D eigenvalue weighted by molar-refractivity contribution is 6.00. The Hall–Kier alpha value is -8.40. The van der Waals surface area contributed by atoms with Gasteiger partial charge in [0, 0.05) is 62.5 Å². The van der Waals surface area contributed by atoms with Crippen molar-refractivity contribution in [1.82, 2.24) is 56.4 Å². The van der Waals surface area contributed by atoms with Crippen molar-refractivity contribution in [3.05, 3.63) is 130 Å². The summed E-state index contributed by atoms with van der Waals surface area (Å²) < 4.78 is 22.0. The van der Waals surface area contributed by atoms with E-state index in [1.165, 1.54) is 13.0 Å². The van der Waals surface area contributed by atoms with Crippen LogP contribution in [0.3, 0.4) is 0 Å². The van der Waals surface area contributed by atoms with Gasteiger partial charge in [-0.25, -0.2) is 14.1 Å². The number of rotatable bonds is 27. The Kier molecular flexibility index (Phi) is 20.9. The van der Waals surface area contributed by atoms with Gasteiger partial charge in [-0.3, -0.25) is 43.3 Å². The molecule has 0 spiro atoms. The minimum Gasteiger partial charge on any atom is -0.491 e. The maximum Gasteiger partial charge on any atom is 0.252 e. The van der Waals surface area contributed by atoms with Crippen LogP contribution in [-0.4, -0.2) is 135 Å². The van der Waals surface area contributed by atoms with E-state index in [1.807, 2.05) is 11.9 Å². The molecule has 0 aliphatic carbocycles. The fourth-order valence-corrected chi connectivity index (χ4v) is 7.79. The fourth-order valence-electron chi connectivity index (χ4n) is 7.79. The second-order valence-electron chi connectivity index (χ2n) is 17.5. The first-order chi connectivity index (χ1) is 35.4. The lowest BCUT2D eigenvalue weighted by Crippen LogP contribution is -2.52. The van der Waals surface area contributed by atoms with Crippen molar-refractivity contribution in [2.24, 2.45) is 0 Å². The number of hydrogen-bond acceptors (Lipinski definition) is 14. The lowest BCUT2D eigenvalue weighted by molar-refractivity contribution is -0.140. The number of aliphatic hydroxyl groups is 1. The van der Waals surface area contributed by atoms with Crippen molar-refractivity contribution in [2.45, 2.75) is 78.6 Å². The number of ether oxygens (including phenoxy) is 1. The third kappa shape index (κ3) is 16.3. The number of carbonyl (C=O) groups is 8. The van der Waals surface area contributed by atoms with Crippen molar-refractivity contribution >= 4 is 64.2 Å². The highest BCUT2D eigenvalue weighted by Gasteiger charge is 2.29. The second kappa shape index (κ2) is 27.4. The number of halogens is 1. The van der Waals surface area contributed by atoms with Crippen molar-refractivity contribution in [3.63, 3.8) is 0 Å². The molecule has 3 heterocycles. The highest BCUT2D eigenvalue weighted by Crippen LogP contribution is 2.37. The van der Waals surface area contributed by atoms with Gasteiger partial charge >= 0.3 is 0 Å². The third-order valence-corrected chi connectivity index (χ3v) is 11.9. The molecule has 2 aromatic heterocycles. The van der Waals surface area contributed by atoms with Gasteiger partial charge < -0.3 is 41.3 Å². The van der Waals surface area contributed by atoms with Crippen LogP contribution in [0.25, 0.3) is 16.6 Å². The number of allylic oxidation sites excluding steroid dienone is 2. The van der Waals surface area contributed by atoms with E-state index < -0.39 is 72.8 Å². The van der Waals surface area contributed by atoms with Crippen molar-refractivity contribution in [1.29, 1.82) is 0 Å². The predicted octanol–water partition coefficient (Wildman–Crippen LogP) is 1.96. The fraction of sp³-hybridized carbons (Fsp3) is 0.365. The average Bonchev–Trinajstić information content (AvgIpc) is 3.97. The summed E-state index contributed by atoms with van der Waals surface area (Å²) in [5.41, 5.74) is 5.85. The van der Waals surface area contributed by atoms with Crippen LogP contribution in [0, 0.1) is 12.7 Å². The molecule has 1 aliphatic rings. The smallest absolute Gasteiger partial charge is 0.252 e. The molecule has 74 heavy (non-hydrogen) atoms. The van der Waals surface area contributed by atoms with Gasteiger partial charge in [-0.2, -0.15) is 0 Å². The number of aromatic nitrogens is 4. The summed E-state index contributed by atoms with van der Waals surface area (Å²) in [6.07, 6.45) is 6.85. The number of nitrogens with zero attached hydrogens (tertiary/aromatic N) is 6. The largest absolute Gasteiger partial charge is 0.491 e. The van der Waals surface area contributed by atoms with Crippen LogP contribution in [0.4, 0.5) is 4.39 Å². The van der Waals surface area contributed by atoms with Gasteiger partial charge in [-0.05, 0) is 67.2 Å². The number of aliphatic hydroxyl groups excluding tert-OH is 1. The van der Waals surface area contributed by atoms with Crippen LogP contribution in [0.5, 0.6) is 0 Å². The third-order valence-electron chi connectivity index (χ3n) is 11.9. The normalized spacial score (nSPS) is 13.0. The molecular formula is C52H62FN11O10. The molecule has 22 heteroatoms. The Labute approximate surface area is 427 Å². The summed E-state index contributed by atoms with van der Waals surface area (Å²) in [5, 5.41) is 31.3. The lowest BCUT2D eigenvalue weighted by Gasteiger charge is -2.19. The number of hydrogen-bond donors (Lipinski definition) is 6. The van der Waals surface area contributed by atoms with E-state index in [4.69, 9.17) is 9.72 Å². The second-order valence-corrected chi connectivity index (χ2v) is 17.5. The monoisotopic (exact) mass is 1020 g/mol. The Balaban J connectivity index is 1.14. The summed E-state index contributed by atoms with van der Waals surface area (Å²) in [5.74, 6) is -4.16. The molecule has 0 bridgehead atoms. The van der Waals surface area contributed by atoms with Gasteiger partial charge in [0.1, 0.15) is 36.2 Å². The maximum absolute atomic E-state index is 15.0. The molecule has 0 radical (unpaired) electrons. The topological polar surface area (TPSA) is 276 Å². The van der Waals surface area contributed by atoms with Crippen LogP contribution >= 0.6 is 0 Å². The van der Waals surface area contributed by atoms with Gasteiger partial charge in [0.2, 0.25) is 35.4 Å². The van der Waals surface area contributed by atoms with Crippen LogP contribution < -0.4 is 26.6 Å². The van der Waals surface area contributed by atoms with E-state index in [2.05, 4.69) is 50.1 Å². The minimum absolute atomic E-state index is 0.0467. The molecular weight excluding hydrogens is 958 g/mol. The van der Waals surface area contributed by atoms with Gasteiger partial charge in [0.25, 0.3) is 5.91 Å². The summed E-state index contributed by atoms with van der Waals surface area (Å²) in [6.45, 7) is 10.7. The van der Waals surface area contributed by atoms with Crippen LogP contribution in [0.1, 0.15) is 73.2 Å². The first-order valence-electron chi connectivity index (χ1n) is 23.8. The first kappa shape index (κ1) is 56.5. The molecule has 0 fully saturated rings. The number of amides is 7. The van der Waals surface area contributed by atoms with Crippen molar-refractivity contribution in [2.75, 3.05) is 46.4 Å². The number of aldehydes is 1. The average molecular weight is 1020 g/mol. The molecule has 6 N–H and O–H groups in total. The number of carbonyl (C=O) groups excluding carboxylic acids is 8. The number of unbranched alkanes of at least 4 members (excludes halogenated alkanes) is 2. The quantitative estimate of drug-likeness (QED) is 0.0216. The zero-order valence-corrected chi connectivity index (χ0v) is 41.9. The maximum atomic E-state index is 15.0. The van der Waals surface area contributed by atoms with Crippen molar-refractivity contribution < 1.29 is 52.6 Å². The zero-order valence-electron chi connectivity index (χ0n) is 41.9. The zero-order chi connectivity index (χ0) is 53.9. The van der Waals surface area contributed by atoms with Gasteiger partial charge in [0.15, 0.2) is 0 Å². The van der Waals surface area contributed by atoms with Gasteiger partial charge in [-0.15, -0.1) is 5.10 Å². The molecule has 1 aliphatic heterocycles. The van der Waals surface area contributed by atoms with E-state index >= 15 is 0 Å². The predicted molar refractivity (Wildman–Crippen MR) is 270 cm³/mol. The summed E-state index contributed by atoms with van der Waals surface area (Å²) in [4.78, 5) is 108. The minimum atomic E-state index is -1.13. The Morgan fingerprint density at radius 1 is 0.946 bits per heavy atom. The molecule has 1 atom stereocenters. The van der Waals surface area contributed by atoms with E-state index in [9.17, 15) is 47.9 Å².